The molecule has 7 heteroatoms. The number of carbonyl (C=O) groups is 1. The summed E-state index contributed by atoms with van der Waals surface area (Å²) in [6.45, 7) is 1.08. The fourth-order valence-electron chi connectivity index (χ4n) is 2.89. The number of primary amides is 1. The minimum atomic E-state index is -1.10. The number of fused-ring (bicyclic) bond motifs is 1. The summed E-state index contributed by atoms with van der Waals surface area (Å²) >= 11 is 3.43. The number of carbonyl (C=O) groups excluding carboxylic acids is 1. The quantitative estimate of drug-likeness (QED) is 0.877. The molecule has 1 amide bonds. The topological polar surface area (TPSA) is 92.6 Å². The molecule has 1 unspecified atom stereocenters. The maximum Gasteiger partial charge on any atom is 0.220 e. The molecule has 3 N–H and O–H groups in total. The molecule has 0 bridgehead atoms. The van der Waals surface area contributed by atoms with E-state index in [4.69, 9.17) is 10.3 Å². The van der Waals surface area contributed by atoms with Crippen molar-refractivity contribution in [2.75, 3.05) is 18.0 Å². The molecule has 1 fully saturated rings. The number of amides is 1. The summed E-state index contributed by atoms with van der Waals surface area (Å²) in [7, 11) is 0. The number of halogens is 1. The van der Waals surface area contributed by atoms with Crippen LogP contribution in [0.3, 0.4) is 0 Å². The Hall–Kier alpha value is -1.60. The highest BCUT2D eigenvalue weighted by Crippen LogP contribution is 2.33. The standard InChI is InChI=1S/C14H16BrN3O3/c15-9-2-3-11-10(6-9)13(17-21-11)18-5-1-4-14(20,8-18)7-12(16)19/h2-3,6,20H,1,4-5,7-8H2,(H2,16,19). The zero-order valence-corrected chi connectivity index (χ0v) is 13.0. The minimum Gasteiger partial charge on any atom is -0.388 e. The second-order valence-corrected chi connectivity index (χ2v) is 6.45. The van der Waals surface area contributed by atoms with Crippen molar-refractivity contribution in [3.05, 3.63) is 22.7 Å². The van der Waals surface area contributed by atoms with Crippen LogP contribution < -0.4 is 10.6 Å². The first-order valence-electron chi connectivity index (χ1n) is 6.77. The van der Waals surface area contributed by atoms with Crippen molar-refractivity contribution in [3.8, 4) is 0 Å². The van der Waals surface area contributed by atoms with Gasteiger partial charge >= 0.3 is 0 Å². The van der Waals surface area contributed by atoms with E-state index in [0.717, 1.165) is 22.8 Å². The zero-order valence-electron chi connectivity index (χ0n) is 11.4. The maximum atomic E-state index is 11.1. The van der Waals surface area contributed by atoms with Gasteiger partial charge in [-0.25, -0.2) is 0 Å². The normalized spacial score (nSPS) is 22.7. The number of piperidine rings is 1. The van der Waals surface area contributed by atoms with Crippen molar-refractivity contribution in [2.24, 2.45) is 5.73 Å². The molecule has 1 aromatic carbocycles. The molecule has 21 heavy (non-hydrogen) atoms. The molecule has 1 aliphatic heterocycles. The molecule has 0 aliphatic carbocycles. The van der Waals surface area contributed by atoms with Crippen molar-refractivity contribution in [1.29, 1.82) is 0 Å². The first-order valence-corrected chi connectivity index (χ1v) is 7.57. The molecule has 1 aliphatic rings. The van der Waals surface area contributed by atoms with Gasteiger partial charge in [-0.2, -0.15) is 0 Å². The Bertz CT molecular complexity index is 687. The molecule has 112 valence electrons. The van der Waals surface area contributed by atoms with Gasteiger partial charge in [-0.3, -0.25) is 4.79 Å². The molecule has 2 heterocycles. The summed E-state index contributed by atoms with van der Waals surface area (Å²) < 4.78 is 6.25. The van der Waals surface area contributed by atoms with Crippen LogP contribution in [-0.2, 0) is 4.79 Å². The number of nitrogens with two attached hydrogens (primary N) is 1. The van der Waals surface area contributed by atoms with Gasteiger partial charge in [-0.1, -0.05) is 21.1 Å². The van der Waals surface area contributed by atoms with Crippen molar-refractivity contribution < 1.29 is 14.4 Å². The largest absolute Gasteiger partial charge is 0.388 e. The third kappa shape index (κ3) is 2.89. The van der Waals surface area contributed by atoms with Gasteiger partial charge in [0.1, 0.15) is 0 Å². The lowest BCUT2D eigenvalue weighted by Gasteiger charge is -2.38. The molecule has 1 aromatic heterocycles. The molecule has 2 aromatic rings. The van der Waals surface area contributed by atoms with Gasteiger partial charge in [0.05, 0.1) is 17.4 Å². The molecule has 1 atom stereocenters. The smallest absolute Gasteiger partial charge is 0.220 e. The Kier molecular flexibility index (Phi) is 3.62. The van der Waals surface area contributed by atoms with Gasteiger partial charge in [-0.05, 0) is 31.0 Å². The van der Waals surface area contributed by atoms with Crippen molar-refractivity contribution in [3.63, 3.8) is 0 Å². The Labute approximate surface area is 130 Å². The lowest BCUT2D eigenvalue weighted by molar-refractivity contribution is -0.123. The lowest BCUT2D eigenvalue weighted by Crippen LogP contribution is -2.50. The molecule has 0 spiro atoms. The van der Waals surface area contributed by atoms with Gasteiger partial charge in [-0.15, -0.1) is 0 Å². The van der Waals surface area contributed by atoms with Crippen LogP contribution in [-0.4, -0.2) is 34.9 Å². The summed E-state index contributed by atoms with van der Waals surface area (Å²) in [5.41, 5.74) is 4.82. The molecule has 1 saturated heterocycles. The fourth-order valence-corrected chi connectivity index (χ4v) is 3.25. The van der Waals surface area contributed by atoms with Crippen LogP contribution in [0, 0.1) is 0 Å². The van der Waals surface area contributed by atoms with Crippen LogP contribution in [0.15, 0.2) is 27.2 Å². The van der Waals surface area contributed by atoms with Crippen molar-refractivity contribution in [1.82, 2.24) is 5.16 Å². The first-order chi connectivity index (χ1) is 9.97. The minimum absolute atomic E-state index is 0.0387. The third-order valence-electron chi connectivity index (χ3n) is 3.77. The fraction of sp³-hybridized carbons (Fsp3) is 0.429. The Morgan fingerprint density at radius 3 is 3.14 bits per heavy atom. The van der Waals surface area contributed by atoms with E-state index in [1.54, 1.807) is 0 Å². The van der Waals surface area contributed by atoms with Crippen LogP contribution >= 0.6 is 15.9 Å². The summed E-state index contributed by atoms with van der Waals surface area (Å²) in [5.74, 6) is 0.195. The number of benzene rings is 1. The predicted octanol–water partition coefficient (Wildman–Crippen LogP) is 1.80. The zero-order chi connectivity index (χ0) is 15.0. The van der Waals surface area contributed by atoms with Crippen LogP contribution in [0.1, 0.15) is 19.3 Å². The number of anilines is 1. The molecular weight excluding hydrogens is 338 g/mol. The Morgan fingerprint density at radius 1 is 1.57 bits per heavy atom. The second-order valence-electron chi connectivity index (χ2n) is 5.54. The van der Waals surface area contributed by atoms with Gasteiger partial charge < -0.3 is 20.3 Å². The van der Waals surface area contributed by atoms with Crippen molar-refractivity contribution >= 4 is 38.6 Å². The Morgan fingerprint density at radius 2 is 2.38 bits per heavy atom. The number of aliphatic hydroxyl groups is 1. The van der Waals surface area contributed by atoms with Gasteiger partial charge in [0, 0.05) is 17.6 Å². The molecule has 3 rings (SSSR count). The summed E-state index contributed by atoms with van der Waals surface area (Å²) in [5, 5.41) is 15.5. The number of nitrogens with zero attached hydrogens (tertiary/aromatic N) is 2. The van der Waals surface area contributed by atoms with Crippen LogP contribution in [0.4, 0.5) is 5.82 Å². The van der Waals surface area contributed by atoms with E-state index in [9.17, 15) is 9.90 Å². The molecule has 0 saturated carbocycles. The molecule has 6 nitrogen and oxygen atoms in total. The third-order valence-corrected chi connectivity index (χ3v) is 4.26. The summed E-state index contributed by atoms with van der Waals surface area (Å²) in [4.78, 5) is 13.1. The number of β-amino-alcohol motifs (C(OH)–C–C–N with tert-alkyl or cyclic N) is 1. The van der Waals surface area contributed by atoms with E-state index >= 15 is 0 Å². The van der Waals surface area contributed by atoms with Gasteiger partial charge in [0.25, 0.3) is 0 Å². The van der Waals surface area contributed by atoms with Gasteiger partial charge in [0.2, 0.25) is 5.91 Å². The average molecular weight is 354 g/mol. The van der Waals surface area contributed by atoms with Crippen LogP contribution in [0.2, 0.25) is 0 Å². The highest BCUT2D eigenvalue weighted by Gasteiger charge is 2.36. The highest BCUT2D eigenvalue weighted by atomic mass is 79.9. The monoisotopic (exact) mass is 353 g/mol. The lowest BCUT2D eigenvalue weighted by atomic mass is 9.89. The van der Waals surface area contributed by atoms with Gasteiger partial charge in [0.15, 0.2) is 11.4 Å². The number of rotatable bonds is 3. The SMILES string of the molecule is NC(=O)CC1(O)CCCN(c2noc3ccc(Br)cc23)C1. The van der Waals surface area contributed by atoms with Crippen LogP contribution in [0.25, 0.3) is 11.0 Å². The highest BCUT2D eigenvalue weighted by molar-refractivity contribution is 9.10. The Balaban J connectivity index is 1.91. The molecule has 0 radical (unpaired) electrons. The number of hydrogen-bond donors (Lipinski definition) is 2. The first kappa shape index (κ1) is 14.3. The predicted molar refractivity (Wildman–Crippen MR) is 81.9 cm³/mol. The molecular formula is C14H16BrN3O3. The average Bonchev–Trinajstić information content (AvgIpc) is 2.80. The van der Waals surface area contributed by atoms with Crippen LogP contribution in [0.5, 0.6) is 0 Å². The maximum absolute atomic E-state index is 11.1. The van der Waals surface area contributed by atoms with E-state index in [1.807, 2.05) is 23.1 Å². The van der Waals surface area contributed by atoms with E-state index in [-0.39, 0.29) is 6.42 Å². The van der Waals surface area contributed by atoms with E-state index in [0.29, 0.717) is 24.4 Å². The van der Waals surface area contributed by atoms with E-state index in [2.05, 4.69) is 21.1 Å². The second kappa shape index (κ2) is 5.31. The van der Waals surface area contributed by atoms with E-state index in [1.165, 1.54) is 0 Å². The van der Waals surface area contributed by atoms with E-state index < -0.39 is 11.5 Å². The summed E-state index contributed by atoms with van der Waals surface area (Å²) in [6.07, 6.45) is 1.29. The summed E-state index contributed by atoms with van der Waals surface area (Å²) in [6, 6.07) is 5.66. The van der Waals surface area contributed by atoms with Crippen molar-refractivity contribution in [2.45, 2.75) is 24.9 Å². The number of hydrogen-bond acceptors (Lipinski definition) is 5. The number of aromatic nitrogens is 1.